The minimum Gasteiger partial charge on any atom is -0.465 e. The SMILES string of the molecule is CCOC(=O)C(N)COC.Cl. The van der Waals surface area contributed by atoms with Gasteiger partial charge in [0, 0.05) is 7.11 Å². The Kier molecular flexibility index (Phi) is 9.40. The zero-order valence-electron chi connectivity index (χ0n) is 6.70. The lowest BCUT2D eigenvalue weighted by atomic mass is 10.3. The average molecular weight is 184 g/mol. The second kappa shape index (κ2) is 7.78. The van der Waals surface area contributed by atoms with Crippen molar-refractivity contribution < 1.29 is 14.3 Å². The standard InChI is InChI=1S/C6H13NO3.ClH/c1-3-10-6(8)5(7)4-9-2;/h5H,3-4,7H2,1-2H3;1H. The van der Waals surface area contributed by atoms with Gasteiger partial charge in [0.25, 0.3) is 0 Å². The Labute approximate surface area is 72.4 Å². The first-order chi connectivity index (χ1) is 4.72. The van der Waals surface area contributed by atoms with Crippen molar-refractivity contribution in [2.24, 2.45) is 5.73 Å². The van der Waals surface area contributed by atoms with E-state index in [-0.39, 0.29) is 19.0 Å². The second-order valence-corrected chi connectivity index (χ2v) is 1.81. The first-order valence-corrected chi connectivity index (χ1v) is 3.13. The number of methoxy groups -OCH3 is 1. The summed E-state index contributed by atoms with van der Waals surface area (Å²) in [5, 5.41) is 0. The molecule has 1 unspecified atom stereocenters. The molecule has 0 fully saturated rings. The summed E-state index contributed by atoms with van der Waals surface area (Å²) in [4.78, 5) is 10.7. The first-order valence-electron chi connectivity index (χ1n) is 3.13. The molecular formula is C6H14ClNO3. The van der Waals surface area contributed by atoms with Crippen LogP contribution in [-0.4, -0.2) is 32.3 Å². The van der Waals surface area contributed by atoms with Crippen molar-refractivity contribution in [1.29, 1.82) is 0 Å². The van der Waals surface area contributed by atoms with Crippen LogP contribution in [0.4, 0.5) is 0 Å². The van der Waals surface area contributed by atoms with Crippen LogP contribution >= 0.6 is 12.4 Å². The van der Waals surface area contributed by atoms with Gasteiger partial charge in [0.05, 0.1) is 13.2 Å². The van der Waals surface area contributed by atoms with Gasteiger partial charge in [-0.3, -0.25) is 4.79 Å². The molecule has 0 bridgehead atoms. The van der Waals surface area contributed by atoms with Gasteiger partial charge in [-0.2, -0.15) is 0 Å². The molecule has 1 atom stereocenters. The Hall–Kier alpha value is -0.320. The van der Waals surface area contributed by atoms with Crippen LogP contribution in [0, 0.1) is 0 Å². The van der Waals surface area contributed by atoms with Crippen molar-refractivity contribution in [1.82, 2.24) is 0 Å². The number of hydrogen-bond donors (Lipinski definition) is 1. The summed E-state index contributed by atoms with van der Waals surface area (Å²) in [5.41, 5.74) is 5.31. The fourth-order valence-electron chi connectivity index (χ4n) is 0.497. The molecule has 0 radical (unpaired) electrons. The van der Waals surface area contributed by atoms with E-state index in [0.717, 1.165) is 0 Å². The largest absolute Gasteiger partial charge is 0.465 e. The van der Waals surface area contributed by atoms with Crippen LogP contribution < -0.4 is 5.73 Å². The van der Waals surface area contributed by atoms with Crippen LogP contribution in [0.25, 0.3) is 0 Å². The predicted octanol–water partition coefficient (Wildman–Crippen LogP) is -0.0550. The van der Waals surface area contributed by atoms with Gasteiger partial charge in [0.2, 0.25) is 0 Å². The predicted molar refractivity (Wildman–Crippen MR) is 43.7 cm³/mol. The fraction of sp³-hybridized carbons (Fsp3) is 0.833. The van der Waals surface area contributed by atoms with E-state index < -0.39 is 12.0 Å². The van der Waals surface area contributed by atoms with Crippen molar-refractivity contribution >= 4 is 18.4 Å². The average Bonchev–Trinajstić information content (AvgIpc) is 1.89. The minimum atomic E-state index is -0.648. The molecule has 0 spiro atoms. The van der Waals surface area contributed by atoms with Crippen LogP contribution in [0.5, 0.6) is 0 Å². The number of carbonyl (C=O) groups excluding carboxylic acids is 1. The molecule has 68 valence electrons. The number of nitrogens with two attached hydrogens (primary N) is 1. The molecule has 0 aromatic heterocycles. The smallest absolute Gasteiger partial charge is 0.325 e. The summed E-state index contributed by atoms with van der Waals surface area (Å²) in [7, 11) is 1.49. The van der Waals surface area contributed by atoms with E-state index in [1.807, 2.05) is 0 Å². The highest BCUT2D eigenvalue weighted by Crippen LogP contribution is 1.85. The van der Waals surface area contributed by atoms with Gasteiger partial charge in [0.1, 0.15) is 6.04 Å². The Balaban J connectivity index is 0. The quantitative estimate of drug-likeness (QED) is 0.621. The summed E-state index contributed by atoms with van der Waals surface area (Å²) in [6, 6.07) is -0.648. The van der Waals surface area contributed by atoms with E-state index >= 15 is 0 Å². The van der Waals surface area contributed by atoms with Gasteiger partial charge in [0.15, 0.2) is 0 Å². The molecule has 0 saturated heterocycles. The topological polar surface area (TPSA) is 61.5 Å². The van der Waals surface area contributed by atoms with Crippen molar-refractivity contribution in [2.45, 2.75) is 13.0 Å². The highest BCUT2D eigenvalue weighted by molar-refractivity contribution is 5.85. The minimum absolute atomic E-state index is 0. The number of carbonyl (C=O) groups is 1. The summed E-state index contributed by atoms with van der Waals surface area (Å²) in [6.07, 6.45) is 0. The van der Waals surface area contributed by atoms with Crippen molar-refractivity contribution in [2.75, 3.05) is 20.3 Å². The number of halogens is 1. The summed E-state index contributed by atoms with van der Waals surface area (Å²) < 4.78 is 9.26. The van der Waals surface area contributed by atoms with E-state index in [0.29, 0.717) is 6.61 Å². The first kappa shape index (κ1) is 13.3. The Morgan fingerprint density at radius 3 is 2.55 bits per heavy atom. The molecule has 11 heavy (non-hydrogen) atoms. The van der Waals surface area contributed by atoms with Crippen LogP contribution in [0.15, 0.2) is 0 Å². The van der Waals surface area contributed by atoms with Gasteiger partial charge in [-0.1, -0.05) is 0 Å². The monoisotopic (exact) mass is 183 g/mol. The lowest BCUT2D eigenvalue weighted by molar-refractivity contribution is -0.145. The molecule has 5 heteroatoms. The van der Waals surface area contributed by atoms with Crippen LogP contribution in [0.1, 0.15) is 6.92 Å². The molecule has 0 amide bonds. The number of rotatable bonds is 4. The number of ether oxygens (including phenoxy) is 2. The van der Waals surface area contributed by atoms with E-state index in [9.17, 15) is 4.79 Å². The Morgan fingerprint density at radius 2 is 2.18 bits per heavy atom. The molecule has 0 aliphatic carbocycles. The molecule has 0 rings (SSSR count). The van der Waals surface area contributed by atoms with Gasteiger partial charge in [-0.05, 0) is 6.92 Å². The molecular weight excluding hydrogens is 170 g/mol. The molecule has 0 aromatic rings. The fourth-order valence-corrected chi connectivity index (χ4v) is 0.497. The van der Waals surface area contributed by atoms with E-state index in [4.69, 9.17) is 5.73 Å². The highest BCUT2D eigenvalue weighted by atomic mass is 35.5. The van der Waals surface area contributed by atoms with Crippen LogP contribution in [0.2, 0.25) is 0 Å². The zero-order chi connectivity index (χ0) is 7.98. The maximum atomic E-state index is 10.7. The highest BCUT2D eigenvalue weighted by Gasteiger charge is 2.12. The van der Waals surface area contributed by atoms with E-state index in [2.05, 4.69) is 9.47 Å². The van der Waals surface area contributed by atoms with Crippen LogP contribution in [-0.2, 0) is 14.3 Å². The summed E-state index contributed by atoms with van der Waals surface area (Å²) >= 11 is 0. The van der Waals surface area contributed by atoms with Crippen molar-refractivity contribution in [3.8, 4) is 0 Å². The summed E-state index contributed by atoms with van der Waals surface area (Å²) in [5.74, 6) is -0.413. The lowest BCUT2D eigenvalue weighted by Crippen LogP contribution is -2.36. The third kappa shape index (κ3) is 6.09. The third-order valence-corrected chi connectivity index (χ3v) is 0.936. The zero-order valence-corrected chi connectivity index (χ0v) is 7.52. The van der Waals surface area contributed by atoms with Gasteiger partial charge in [-0.15, -0.1) is 12.4 Å². The molecule has 0 heterocycles. The van der Waals surface area contributed by atoms with Gasteiger partial charge < -0.3 is 15.2 Å². The lowest BCUT2D eigenvalue weighted by Gasteiger charge is -2.07. The normalized spacial score (nSPS) is 11.5. The third-order valence-electron chi connectivity index (χ3n) is 0.936. The Morgan fingerprint density at radius 1 is 1.64 bits per heavy atom. The molecule has 0 aliphatic heterocycles. The maximum Gasteiger partial charge on any atom is 0.325 e. The van der Waals surface area contributed by atoms with E-state index in [1.54, 1.807) is 6.92 Å². The molecule has 0 aliphatic rings. The van der Waals surface area contributed by atoms with Crippen molar-refractivity contribution in [3.63, 3.8) is 0 Å². The number of hydrogen-bond acceptors (Lipinski definition) is 4. The summed E-state index contributed by atoms with van der Waals surface area (Å²) in [6.45, 7) is 2.30. The number of esters is 1. The molecule has 4 nitrogen and oxygen atoms in total. The molecule has 2 N–H and O–H groups in total. The molecule has 0 saturated carbocycles. The maximum absolute atomic E-state index is 10.7. The Bertz CT molecular complexity index is 110. The van der Waals surface area contributed by atoms with E-state index in [1.165, 1.54) is 7.11 Å². The van der Waals surface area contributed by atoms with Gasteiger partial charge in [-0.25, -0.2) is 0 Å². The van der Waals surface area contributed by atoms with Gasteiger partial charge >= 0.3 is 5.97 Å². The second-order valence-electron chi connectivity index (χ2n) is 1.81. The van der Waals surface area contributed by atoms with Crippen LogP contribution in [0.3, 0.4) is 0 Å². The molecule has 0 aromatic carbocycles. The van der Waals surface area contributed by atoms with Crippen molar-refractivity contribution in [3.05, 3.63) is 0 Å².